The number of nitrogens with zero attached hydrogens (tertiary/aromatic N) is 2. The van der Waals surface area contributed by atoms with Crippen molar-refractivity contribution in [2.75, 3.05) is 0 Å². The number of alkyl halides is 2. The lowest BCUT2D eigenvalue weighted by Gasteiger charge is -2.29. The summed E-state index contributed by atoms with van der Waals surface area (Å²) in [6.07, 6.45) is -2.27. The summed E-state index contributed by atoms with van der Waals surface area (Å²) in [5.41, 5.74) is 1.05. The van der Waals surface area contributed by atoms with Crippen LogP contribution < -0.4 is 5.11 Å². The first-order chi connectivity index (χ1) is 11.2. The van der Waals surface area contributed by atoms with Gasteiger partial charge in [-0.2, -0.15) is 0 Å². The summed E-state index contributed by atoms with van der Waals surface area (Å²) in [5.74, 6) is -2.84. The molecule has 4 nitrogen and oxygen atoms in total. The predicted molar refractivity (Wildman–Crippen MR) is 82.1 cm³/mol. The Kier molecular flexibility index (Phi) is 4.03. The van der Waals surface area contributed by atoms with Gasteiger partial charge in [0, 0.05) is 5.92 Å². The maximum Gasteiger partial charge on any atom is 0.297 e. The zero-order valence-corrected chi connectivity index (χ0v) is 13.8. The van der Waals surface area contributed by atoms with Crippen molar-refractivity contribution in [1.29, 1.82) is 0 Å². The van der Waals surface area contributed by atoms with E-state index in [1.165, 1.54) is 0 Å². The van der Waals surface area contributed by atoms with Crippen LogP contribution in [0.4, 0.5) is 8.78 Å². The highest BCUT2D eigenvalue weighted by atomic mass is 35.5. The van der Waals surface area contributed by atoms with Gasteiger partial charge in [-0.15, -0.1) is 0 Å². The average Bonchev–Trinajstić information content (AvgIpc) is 2.75. The van der Waals surface area contributed by atoms with Crippen molar-refractivity contribution < 1.29 is 18.7 Å². The van der Waals surface area contributed by atoms with Gasteiger partial charge in [0.2, 0.25) is 0 Å². The number of benzene rings is 1. The van der Waals surface area contributed by atoms with E-state index in [1.54, 1.807) is 0 Å². The summed E-state index contributed by atoms with van der Waals surface area (Å²) >= 11 is 5.87. The highest BCUT2D eigenvalue weighted by Crippen LogP contribution is 2.51. The van der Waals surface area contributed by atoms with Gasteiger partial charge in [-0.3, -0.25) is 0 Å². The van der Waals surface area contributed by atoms with E-state index < -0.39 is 40.3 Å². The summed E-state index contributed by atoms with van der Waals surface area (Å²) in [6, 6.07) is 7.50. The van der Waals surface area contributed by atoms with Crippen molar-refractivity contribution in [2.24, 2.45) is 5.41 Å². The molecule has 1 aromatic carbocycles. The number of hydrogen-bond acceptors (Lipinski definition) is 4. The number of rotatable bonds is 3. The first-order valence-corrected chi connectivity index (χ1v) is 7.75. The second kappa shape index (κ2) is 5.77. The van der Waals surface area contributed by atoms with Crippen molar-refractivity contribution in [3.8, 4) is 0 Å². The predicted octanol–water partition coefficient (Wildman–Crippen LogP) is 3.15. The molecule has 126 valence electrons. The highest BCUT2D eigenvalue weighted by molar-refractivity contribution is 6.32. The fourth-order valence-corrected chi connectivity index (χ4v) is 3.73. The Morgan fingerprint density at radius 3 is 2.62 bits per heavy atom. The maximum absolute atomic E-state index is 13.1. The molecule has 1 aliphatic rings. The fraction of sp³-hybridized carbons (Fsp3) is 0.353. The van der Waals surface area contributed by atoms with Crippen molar-refractivity contribution >= 4 is 17.6 Å². The molecule has 0 fully saturated rings. The topological polar surface area (TPSA) is 65.9 Å². The van der Waals surface area contributed by atoms with Gasteiger partial charge in [0.05, 0.1) is 17.2 Å². The summed E-state index contributed by atoms with van der Waals surface area (Å²) in [6.45, 7) is 3.88. The van der Waals surface area contributed by atoms with Gasteiger partial charge >= 0.3 is 0 Å². The Morgan fingerprint density at radius 2 is 2.00 bits per heavy atom. The zero-order valence-electron chi connectivity index (χ0n) is 13.0. The summed E-state index contributed by atoms with van der Waals surface area (Å²) < 4.78 is 26.2. The van der Waals surface area contributed by atoms with Crippen LogP contribution in [0, 0.1) is 5.41 Å². The number of aromatic carboxylic acids is 1. The fourth-order valence-electron chi connectivity index (χ4n) is 3.47. The molecule has 1 atom stereocenters. The third kappa shape index (κ3) is 2.65. The quantitative estimate of drug-likeness (QED) is 0.797. The van der Waals surface area contributed by atoms with Crippen LogP contribution in [0.1, 0.15) is 59.2 Å². The molecule has 3 rings (SSSR count). The number of aromatic nitrogens is 2. The van der Waals surface area contributed by atoms with Gasteiger partial charge < -0.3 is 9.90 Å². The molecule has 0 bridgehead atoms. The number of halogens is 3. The Hall–Kier alpha value is -2.08. The van der Waals surface area contributed by atoms with E-state index in [2.05, 4.69) is 9.97 Å². The minimum absolute atomic E-state index is 0.0137. The second-order valence-electron chi connectivity index (χ2n) is 6.52. The van der Waals surface area contributed by atoms with E-state index in [4.69, 9.17) is 11.6 Å². The van der Waals surface area contributed by atoms with Gasteiger partial charge in [-0.05, 0) is 23.0 Å². The zero-order chi connectivity index (χ0) is 17.6. The van der Waals surface area contributed by atoms with Gasteiger partial charge in [-0.1, -0.05) is 49.7 Å². The summed E-state index contributed by atoms with van der Waals surface area (Å²) in [5, 5.41) is 11.0. The third-order valence-electron chi connectivity index (χ3n) is 4.38. The van der Waals surface area contributed by atoms with Crippen LogP contribution in [0.2, 0.25) is 5.15 Å². The van der Waals surface area contributed by atoms with Crippen LogP contribution in [0.5, 0.6) is 0 Å². The van der Waals surface area contributed by atoms with Crippen molar-refractivity contribution in [2.45, 2.75) is 32.6 Å². The summed E-state index contributed by atoms with van der Waals surface area (Å²) in [7, 11) is 0. The van der Waals surface area contributed by atoms with Crippen LogP contribution >= 0.6 is 11.6 Å². The normalized spacial score (nSPS) is 18.7. The molecular formula is C17H14ClF2N2O2-. The molecule has 1 aliphatic carbocycles. The van der Waals surface area contributed by atoms with Gasteiger partial charge in [0.1, 0.15) is 5.15 Å². The molecule has 2 aromatic rings. The molecule has 0 saturated carbocycles. The second-order valence-corrected chi connectivity index (χ2v) is 6.88. The van der Waals surface area contributed by atoms with Gasteiger partial charge in [0.25, 0.3) is 6.43 Å². The largest absolute Gasteiger partial charge is 0.545 e. The number of hydrogen-bond donors (Lipinski definition) is 0. The number of carboxylic acid groups (broad SMARTS) is 1. The average molecular weight is 352 g/mol. The van der Waals surface area contributed by atoms with E-state index in [0.29, 0.717) is 6.42 Å². The Balaban J connectivity index is 2.30. The molecule has 0 amide bonds. The highest BCUT2D eigenvalue weighted by Gasteiger charge is 2.42. The lowest BCUT2D eigenvalue weighted by Crippen LogP contribution is -2.29. The van der Waals surface area contributed by atoms with E-state index in [-0.39, 0.29) is 5.69 Å². The lowest BCUT2D eigenvalue weighted by atomic mass is 9.76. The molecule has 1 unspecified atom stereocenters. The SMILES string of the molecule is CC1(C)Cc2ccccc2C1c1nc(C(F)F)nc(Cl)c1C(=O)[O-]. The van der Waals surface area contributed by atoms with E-state index in [9.17, 15) is 18.7 Å². The van der Waals surface area contributed by atoms with Crippen LogP contribution in [0.15, 0.2) is 24.3 Å². The molecule has 0 saturated heterocycles. The number of carbonyl (C=O) groups is 1. The minimum Gasteiger partial charge on any atom is -0.545 e. The van der Waals surface area contributed by atoms with Crippen LogP contribution in [0.25, 0.3) is 0 Å². The molecule has 7 heteroatoms. The van der Waals surface area contributed by atoms with E-state index in [0.717, 1.165) is 11.1 Å². The molecule has 24 heavy (non-hydrogen) atoms. The smallest absolute Gasteiger partial charge is 0.297 e. The molecular weight excluding hydrogens is 338 g/mol. The first-order valence-electron chi connectivity index (χ1n) is 7.37. The van der Waals surface area contributed by atoms with E-state index in [1.807, 2.05) is 38.1 Å². The standard InChI is InChI=1S/C17H15ClF2N2O2/c1-17(2)7-8-5-3-4-6-9(8)11(17)12-10(16(23)24)13(18)22-15(21-12)14(19)20/h3-6,11,14H,7H2,1-2H3,(H,23,24)/p-1. The molecule has 0 N–H and O–H groups in total. The Morgan fingerprint density at radius 1 is 1.33 bits per heavy atom. The van der Waals surface area contributed by atoms with Crippen LogP contribution in [-0.4, -0.2) is 15.9 Å². The van der Waals surface area contributed by atoms with Crippen molar-refractivity contribution in [3.05, 3.63) is 57.6 Å². The monoisotopic (exact) mass is 351 g/mol. The molecule has 1 heterocycles. The maximum atomic E-state index is 13.1. The molecule has 1 aromatic heterocycles. The molecule has 0 aliphatic heterocycles. The van der Waals surface area contributed by atoms with Crippen molar-refractivity contribution in [3.63, 3.8) is 0 Å². The van der Waals surface area contributed by atoms with Crippen LogP contribution in [0.3, 0.4) is 0 Å². The Labute approximate surface area is 142 Å². The van der Waals surface area contributed by atoms with Gasteiger partial charge in [-0.25, -0.2) is 18.7 Å². The molecule has 0 radical (unpaired) electrons. The lowest BCUT2D eigenvalue weighted by molar-refractivity contribution is -0.255. The van der Waals surface area contributed by atoms with Gasteiger partial charge in [0.15, 0.2) is 5.82 Å². The first kappa shape index (κ1) is 16.8. The minimum atomic E-state index is -2.95. The van der Waals surface area contributed by atoms with E-state index >= 15 is 0 Å². The van der Waals surface area contributed by atoms with Crippen molar-refractivity contribution in [1.82, 2.24) is 9.97 Å². The summed E-state index contributed by atoms with van der Waals surface area (Å²) in [4.78, 5) is 18.8. The number of carbonyl (C=O) groups excluding carboxylic acids is 1. The number of fused-ring (bicyclic) bond motifs is 1. The Bertz CT molecular complexity index is 824. The van der Waals surface area contributed by atoms with Crippen LogP contribution in [-0.2, 0) is 6.42 Å². The molecule has 0 spiro atoms. The number of carboxylic acids is 1. The third-order valence-corrected chi connectivity index (χ3v) is 4.65.